The van der Waals surface area contributed by atoms with Crippen LogP contribution in [0.2, 0.25) is 0 Å². The number of piperidine rings is 1. The molecule has 1 atom stereocenters. The van der Waals surface area contributed by atoms with Gasteiger partial charge in [-0.1, -0.05) is 0 Å². The molecule has 296 valence electrons. The molecule has 0 bridgehead atoms. The maximum atomic E-state index is 13.3. The molecule has 3 amide bonds. The molecule has 2 saturated heterocycles. The van der Waals surface area contributed by atoms with Crippen LogP contribution < -0.4 is 25.0 Å². The zero-order valence-corrected chi connectivity index (χ0v) is 32.1. The van der Waals surface area contributed by atoms with Crippen molar-refractivity contribution < 1.29 is 27.5 Å². The van der Waals surface area contributed by atoms with Gasteiger partial charge in [-0.05, 0) is 80.1 Å². The Kier molecular flexibility index (Phi) is 9.57. The number of aromatic amines is 1. The van der Waals surface area contributed by atoms with Crippen molar-refractivity contribution in [2.45, 2.75) is 62.6 Å². The van der Waals surface area contributed by atoms with Gasteiger partial charge in [-0.15, -0.1) is 5.10 Å². The average molecular weight is 795 g/mol. The Balaban J connectivity index is 0.784. The van der Waals surface area contributed by atoms with Crippen LogP contribution in [0.5, 0.6) is 5.75 Å². The molecule has 1 unspecified atom stereocenters. The largest absolute Gasteiger partial charge is 0.484 e. The van der Waals surface area contributed by atoms with Crippen molar-refractivity contribution in [2.24, 2.45) is 0 Å². The van der Waals surface area contributed by atoms with E-state index in [1.807, 2.05) is 25.1 Å². The molecule has 4 N–H and O–H groups in total. The number of H-pyrrole nitrogens is 1. The van der Waals surface area contributed by atoms with Gasteiger partial charge in [0.15, 0.2) is 5.75 Å². The van der Waals surface area contributed by atoms with E-state index in [2.05, 4.69) is 45.4 Å². The monoisotopic (exact) mass is 794 g/mol. The van der Waals surface area contributed by atoms with Gasteiger partial charge >= 0.3 is 0 Å². The lowest BCUT2D eigenvalue weighted by atomic mass is 9.96. The molecule has 3 aromatic heterocycles. The molecule has 9 rings (SSSR count). The van der Waals surface area contributed by atoms with Crippen molar-refractivity contribution in [3.63, 3.8) is 0 Å². The second-order valence-corrected chi connectivity index (χ2v) is 16.6. The quantitative estimate of drug-likeness (QED) is 0.134. The Morgan fingerprint density at radius 3 is 2.60 bits per heavy atom. The minimum absolute atomic E-state index is 0.0903. The zero-order valence-electron chi connectivity index (χ0n) is 31.3. The van der Waals surface area contributed by atoms with Crippen LogP contribution >= 0.6 is 0 Å². The van der Waals surface area contributed by atoms with Crippen LogP contribution in [-0.4, -0.2) is 117 Å². The summed E-state index contributed by atoms with van der Waals surface area (Å²) in [4.78, 5) is 52.6. The maximum Gasteiger partial charge on any atom is 0.255 e. The number of imide groups is 1. The molecule has 4 aliphatic rings. The van der Waals surface area contributed by atoms with Gasteiger partial charge in [-0.25, -0.2) is 18.1 Å². The second kappa shape index (κ2) is 14.9. The van der Waals surface area contributed by atoms with Crippen LogP contribution in [0.3, 0.4) is 0 Å². The number of piperazine rings is 1. The average Bonchev–Trinajstić information content (AvgIpc) is 3.93. The summed E-state index contributed by atoms with van der Waals surface area (Å²) in [6.07, 6.45) is 8.69. The standard InChI is InChI=1S/C38H42N12O6S/c1-23-17-28(6-8-30(23)43-38-45-35-34(56-27-3-2-4-27)33(25-19-40-41-20-25)39-22-50(35)46-38)57(54,55)42-11-12-47-13-15-48(16-14-47)26-5-7-29-24(18-26)21-49(37(29)53)31-9-10-32(51)44-36(31)52/h5-8,17-20,22,27,31,42H,2-4,9-16,21H2,1H3,(H,40,41)(H,43,46)(H,44,51,52). The number of ether oxygens (including phenoxy) is 1. The van der Waals surface area contributed by atoms with Crippen molar-refractivity contribution in [2.75, 3.05) is 49.5 Å². The fourth-order valence-corrected chi connectivity index (χ4v) is 8.82. The molecule has 5 aromatic rings. The molecule has 0 spiro atoms. The lowest BCUT2D eigenvalue weighted by Gasteiger charge is -2.36. The fraction of sp³-hybridized carbons (Fsp3) is 0.395. The van der Waals surface area contributed by atoms with Gasteiger partial charge in [0.2, 0.25) is 33.4 Å². The molecule has 3 fully saturated rings. The minimum Gasteiger partial charge on any atom is -0.484 e. The predicted octanol–water partition coefficient (Wildman–Crippen LogP) is 2.36. The van der Waals surface area contributed by atoms with Crippen LogP contribution in [0.4, 0.5) is 17.3 Å². The molecule has 3 aliphatic heterocycles. The first-order chi connectivity index (χ1) is 27.6. The number of anilines is 3. The summed E-state index contributed by atoms with van der Waals surface area (Å²) >= 11 is 0. The number of sulfonamides is 1. The highest BCUT2D eigenvalue weighted by molar-refractivity contribution is 7.89. The molecule has 1 saturated carbocycles. The number of rotatable bonds is 12. The molecule has 6 heterocycles. The van der Waals surface area contributed by atoms with Gasteiger partial charge in [0.1, 0.15) is 18.1 Å². The Morgan fingerprint density at radius 2 is 1.86 bits per heavy atom. The van der Waals surface area contributed by atoms with E-state index in [1.54, 1.807) is 46.3 Å². The predicted molar refractivity (Wildman–Crippen MR) is 207 cm³/mol. The third-order valence-electron chi connectivity index (χ3n) is 11.2. The Hall–Kier alpha value is -5.92. The lowest BCUT2D eigenvalue weighted by molar-refractivity contribution is -0.136. The number of amides is 3. The summed E-state index contributed by atoms with van der Waals surface area (Å²) in [7, 11) is -3.77. The Bertz CT molecular complexity index is 2480. The first-order valence-electron chi connectivity index (χ1n) is 19.1. The number of hydrogen-bond acceptors (Lipinski definition) is 13. The van der Waals surface area contributed by atoms with E-state index in [0.29, 0.717) is 59.4 Å². The number of nitrogens with zero attached hydrogens (tertiary/aromatic N) is 8. The molecule has 0 radical (unpaired) electrons. The van der Waals surface area contributed by atoms with E-state index in [0.717, 1.165) is 62.3 Å². The van der Waals surface area contributed by atoms with Crippen LogP contribution in [-0.2, 0) is 26.2 Å². The summed E-state index contributed by atoms with van der Waals surface area (Å²) in [5.41, 5.74) is 5.73. The summed E-state index contributed by atoms with van der Waals surface area (Å²) < 4.78 is 37.3. The summed E-state index contributed by atoms with van der Waals surface area (Å²) in [5, 5.41) is 17.0. The van der Waals surface area contributed by atoms with E-state index in [4.69, 9.17) is 9.72 Å². The highest BCUT2D eigenvalue weighted by Crippen LogP contribution is 2.36. The zero-order chi connectivity index (χ0) is 39.3. The minimum atomic E-state index is -3.77. The van der Waals surface area contributed by atoms with Crippen molar-refractivity contribution in [1.29, 1.82) is 0 Å². The topological polar surface area (TPSA) is 212 Å². The van der Waals surface area contributed by atoms with Crippen molar-refractivity contribution in [3.8, 4) is 17.0 Å². The summed E-state index contributed by atoms with van der Waals surface area (Å²) in [6.45, 7) is 5.92. The normalized spacial score (nSPS) is 19.2. The van der Waals surface area contributed by atoms with Gasteiger partial charge in [0.25, 0.3) is 5.91 Å². The number of carbonyl (C=O) groups excluding carboxylic acids is 3. The smallest absolute Gasteiger partial charge is 0.255 e. The molecule has 19 heteroatoms. The van der Waals surface area contributed by atoms with Crippen LogP contribution in [0.25, 0.3) is 16.9 Å². The highest BCUT2D eigenvalue weighted by Gasteiger charge is 2.39. The Morgan fingerprint density at radius 1 is 1.02 bits per heavy atom. The molecule has 57 heavy (non-hydrogen) atoms. The number of nitrogens with one attached hydrogen (secondary N) is 4. The van der Waals surface area contributed by atoms with Crippen LogP contribution in [0, 0.1) is 6.92 Å². The molecule has 18 nitrogen and oxygen atoms in total. The third-order valence-corrected chi connectivity index (χ3v) is 12.6. The maximum absolute atomic E-state index is 13.3. The highest BCUT2D eigenvalue weighted by atomic mass is 32.2. The first-order valence-corrected chi connectivity index (χ1v) is 20.6. The van der Waals surface area contributed by atoms with E-state index < -0.39 is 22.0 Å². The van der Waals surface area contributed by atoms with E-state index in [-0.39, 0.29) is 35.8 Å². The second-order valence-electron chi connectivity index (χ2n) is 14.9. The number of benzene rings is 2. The molecule has 2 aromatic carbocycles. The third kappa shape index (κ3) is 7.28. The fourth-order valence-electron chi connectivity index (χ4n) is 7.71. The SMILES string of the molecule is Cc1cc(S(=O)(=O)NCCN2CCN(c3ccc4c(c3)CN(C3CCC(=O)NC3=O)C4=O)CC2)ccc1Nc1nc2c(OC3CCC3)c(-c3cn[nH]c3)ncn2n1. The van der Waals surface area contributed by atoms with E-state index >= 15 is 0 Å². The van der Waals surface area contributed by atoms with Gasteiger partial charge in [0.05, 0.1) is 17.2 Å². The summed E-state index contributed by atoms with van der Waals surface area (Å²) in [6, 6.07) is 10.0. The van der Waals surface area contributed by atoms with Gasteiger partial charge in [-0.3, -0.25) is 29.7 Å². The number of aromatic nitrogens is 6. The van der Waals surface area contributed by atoms with Crippen molar-refractivity contribution in [3.05, 3.63) is 71.8 Å². The van der Waals surface area contributed by atoms with Crippen molar-refractivity contribution >= 4 is 50.7 Å². The van der Waals surface area contributed by atoms with Crippen molar-refractivity contribution in [1.82, 2.24) is 49.6 Å². The summed E-state index contributed by atoms with van der Waals surface area (Å²) in [5.74, 6) is -0.0671. The number of fused-ring (bicyclic) bond motifs is 2. The lowest BCUT2D eigenvalue weighted by Crippen LogP contribution is -2.52. The van der Waals surface area contributed by atoms with Gasteiger partial charge in [0, 0.05) is 80.9 Å². The first kappa shape index (κ1) is 36.7. The molecular weight excluding hydrogens is 753 g/mol. The molecule has 1 aliphatic carbocycles. The number of aryl methyl sites for hydroxylation is 1. The van der Waals surface area contributed by atoms with E-state index in [1.165, 1.54) is 0 Å². The van der Waals surface area contributed by atoms with Gasteiger partial charge in [-0.2, -0.15) is 14.6 Å². The van der Waals surface area contributed by atoms with E-state index in [9.17, 15) is 22.8 Å². The van der Waals surface area contributed by atoms with Gasteiger partial charge < -0.3 is 19.9 Å². The Labute approximate surface area is 328 Å². The molecular formula is C38H42N12O6S. The number of hydrogen-bond donors (Lipinski definition) is 4. The van der Waals surface area contributed by atoms with Crippen LogP contribution in [0.15, 0.2) is 60.0 Å². The van der Waals surface area contributed by atoms with Crippen LogP contribution in [0.1, 0.15) is 53.6 Å². The number of carbonyl (C=O) groups is 3.